The second kappa shape index (κ2) is 11.7. The summed E-state index contributed by atoms with van der Waals surface area (Å²) < 4.78 is 3.14. The number of anilines is 3. The largest absolute Gasteiger partial charge is 0.373 e. The van der Waals surface area contributed by atoms with E-state index in [2.05, 4.69) is 30.4 Å². The third-order valence-corrected chi connectivity index (χ3v) is 6.36. The van der Waals surface area contributed by atoms with E-state index in [1.807, 2.05) is 64.5 Å². The molecule has 11 nitrogen and oxygen atoms in total. The molecule has 0 atom stereocenters. The number of carbonyl (C=O) groups excluding carboxylic acids is 2. The molecule has 0 radical (unpaired) electrons. The molecule has 0 unspecified atom stereocenters. The highest BCUT2D eigenvalue weighted by Crippen LogP contribution is 2.30. The van der Waals surface area contributed by atoms with Crippen LogP contribution in [0.2, 0.25) is 0 Å². The molecule has 2 amide bonds. The van der Waals surface area contributed by atoms with Crippen LogP contribution in [-0.4, -0.2) is 70.6 Å². The predicted molar refractivity (Wildman–Crippen MR) is 154 cm³/mol. The minimum atomic E-state index is -0.515. The van der Waals surface area contributed by atoms with E-state index in [4.69, 9.17) is 0 Å². The van der Waals surface area contributed by atoms with Gasteiger partial charge in [0.2, 0.25) is 18.3 Å². The van der Waals surface area contributed by atoms with Crippen molar-refractivity contribution >= 4 is 46.7 Å². The molecule has 0 saturated carbocycles. The van der Waals surface area contributed by atoms with Crippen molar-refractivity contribution in [2.75, 3.05) is 44.4 Å². The SMILES string of the molecule is Cc1cc(N(C)CCN(C)C)c(C=CC(=O)NC=O)cc1Nc1nccc(-n2c(=O)n(C)c3ccccc32)n1. The van der Waals surface area contributed by atoms with Crippen molar-refractivity contribution in [3.63, 3.8) is 0 Å². The number of amides is 2. The zero-order valence-electron chi connectivity index (χ0n) is 22.7. The van der Waals surface area contributed by atoms with Crippen LogP contribution in [0, 0.1) is 6.92 Å². The van der Waals surface area contributed by atoms with E-state index < -0.39 is 5.91 Å². The maximum Gasteiger partial charge on any atom is 0.334 e. The van der Waals surface area contributed by atoms with Crippen molar-refractivity contribution in [3.8, 4) is 5.82 Å². The van der Waals surface area contributed by atoms with Gasteiger partial charge in [0.15, 0.2) is 0 Å². The first kappa shape index (κ1) is 27.3. The molecule has 2 heterocycles. The Bertz CT molecular complexity index is 1600. The van der Waals surface area contributed by atoms with Gasteiger partial charge in [-0.25, -0.2) is 14.3 Å². The summed E-state index contributed by atoms with van der Waals surface area (Å²) >= 11 is 0. The molecular weight excluding hydrogens is 496 g/mol. The van der Waals surface area contributed by atoms with E-state index in [1.54, 1.807) is 34.5 Å². The Morgan fingerprint density at radius 1 is 1.08 bits per heavy atom. The number of imide groups is 1. The van der Waals surface area contributed by atoms with E-state index >= 15 is 0 Å². The number of para-hydroxylation sites is 2. The summed E-state index contributed by atoms with van der Waals surface area (Å²) in [6.07, 6.45) is 4.93. The molecule has 0 aliphatic heterocycles. The van der Waals surface area contributed by atoms with Crippen molar-refractivity contribution in [2.45, 2.75) is 6.92 Å². The average molecular weight is 529 g/mol. The zero-order valence-corrected chi connectivity index (χ0v) is 22.7. The summed E-state index contributed by atoms with van der Waals surface area (Å²) in [5.41, 5.74) is 4.71. The maximum absolute atomic E-state index is 13.0. The third-order valence-electron chi connectivity index (χ3n) is 6.36. The lowest BCUT2D eigenvalue weighted by Crippen LogP contribution is -2.29. The summed E-state index contributed by atoms with van der Waals surface area (Å²) in [6.45, 7) is 3.58. The average Bonchev–Trinajstić information content (AvgIpc) is 3.17. The van der Waals surface area contributed by atoms with Crippen LogP contribution < -0.4 is 21.2 Å². The van der Waals surface area contributed by atoms with Crippen LogP contribution in [0.1, 0.15) is 11.1 Å². The lowest BCUT2D eigenvalue weighted by atomic mass is 10.1. The van der Waals surface area contributed by atoms with Gasteiger partial charge in [0.1, 0.15) is 5.82 Å². The number of hydrogen-bond donors (Lipinski definition) is 2. The van der Waals surface area contributed by atoms with Crippen molar-refractivity contribution in [2.24, 2.45) is 7.05 Å². The fourth-order valence-electron chi connectivity index (χ4n) is 4.22. The first-order chi connectivity index (χ1) is 18.7. The second-order valence-corrected chi connectivity index (χ2v) is 9.44. The van der Waals surface area contributed by atoms with Crippen LogP contribution in [0.15, 0.2) is 59.5 Å². The Labute approximate surface area is 226 Å². The van der Waals surface area contributed by atoms with Crippen LogP contribution in [0.25, 0.3) is 22.9 Å². The van der Waals surface area contributed by atoms with Gasteiger partial charge in [0, 0.05) is 62.5 Å². The molecule has 4 aromatic rings. The fraction of sp³-hybridized carbons (Fsp3) is 0.250. The predicted octanol–water partition coefficient (Wildman–Crippen LogP) is 2.45. The minimum Gasteiger partial charge on any atom is -0.373 e. The number of nitrogens with zero attached hydrogens (tertiary/aromatic N) is 6. The Balaban J connectivity index is 1.71. The number of aryl methyl sites for hydroxylation is 2. The molecule has 11 heteroatoms. The van der Waals surface area contributed by atoms with Gasteiger partial charge in [-0.1, -0.05) is 12.1 Å². The van der Waals surface area contributed by atoms with Crippen LogP contribution in [0.4, 0.5) is 17.3 Å². The quantitative estimate of drug-likeness (QED) is 0.238. The number of carbonyl (C=O) groups is 2. The Kier molecular flexibility index (Phi) is 8.21. The highest BCUT2D eigenvalue weighted by molar-refractivity contribution is 5.98. The number of rotatable bonds is 10. The molecule has 0 spiro atoms. The summed E-state index contributed by atoms with van der Waals surface area (Å²) in [6, 6.07) is 13.1. The van der Waals surface area contributed by atoms with E-state index in [1.165, 1.54) is 6.08 Å². The number of hydrogen-bond acceptors (Lipinski definition) is 8. The first-order valence-corrected chi connectivity index (χ1v) is 12.4. The van der Waals surface area contributed by atoms with Crippen molar-refractivity contribution in [1.29, 1.82) is 0 Å². The summed E-state index contributed by atoms with van der Waals surface area (Å²) in [5.74, 6) is 0.244. The number of fused-ring (bicyclic) bond motifs is 1. The topological polar surface area (TPSA) is 117 Å². The molecule has 0 fully saturated rings. The summed E-state index contributed by atoms with van der Waals surface area (Å²) in [4.78, 5) is 48.8. The van der Waals surface area contributed by atoms with Crippen LogP contribution in [0.3, 0.4) is 0 Å². The molecule has 39 heavy (non-hydrogen) atoms. The number of benzene rings is 2. The van der Waals surface area contributed by atoms with Crippen molar-refractivity contribution in [3.05, 3.63) is 76.3 Å². The van der Waals surface area contributed by atoms with E-state index in [9.17, 15) is 14.4 Å². The molecule has 2 aromatic heterocycles. The lowest BCUT2D eigenvalue weighted by molar-refractivity contribution is -0.121. The number of aromatic nitrogens is 4. The van der Waals surface area contributed by atoms with Gasteiger partial charge >= 0.3 is 5.69 Å². The monoisotopic (exact) mass is 528 g/mol. The van der Waals surface area contributed by atoms with Crippen LogP contribution >= 0.6 is 0 Å². The molecular formula is C28H32N8O3. The molecule has 0 bridgehead atoms. The van der Waals surface area contributed by atoms with E-state index in [0.29, 0.717) is 18.2 Å². The number of likely N-dealkylation sites (N-methyl/N-ethyl adjacent to an activating group) is 2. The van der Waals surface area contributed by atoms with Crippen molar-refractivity contribution < 1.29 is 9.59 Å². The second-order valence-electron chi connectivity index (χ2n) is 9.44. The lowest BCUT2D eigenvalue weighted by Gasteiger charge is -2.25. The van der Waals surface area contributed by atoms with Gasteiger partial charge < -0.3 is 15.1 Å². The van der Waals surface area contributed by atoms with Gasteiger partial charge in [-0.3, -0.25) is 19.5 Å². The third kappa shape index (κ3) is 6.04. The van der Waals surface area contributed by atoms with Gasteiger partial charge in [-0.2, -0.15) is 4.98 Å². The molecule has 202 valence electrons. The summed E-state index contributed by atoms with van der Waals surface area (Å²) in [7, 11) is 7.74. The van der Waals surface area contributed by atoms with Crippen LogP contribution in [-0.2, 0) is 16.6 Å². The van der Waals surface area contributed by atoms with E-state index in [-0.39, 0.29) is 5.69 Å². The van der Waals surface area contributed by atoms with Gasteiger partial charge in [-0.15, -0.1) is 0 Å². The van der Waals surface area contributed by atoms with Crippen LogP contribution in [0.5, 0.6) is 0 Å². The molecule has 2 aromatic carbocycles. The zero-order chi connectivity index (χ0) is 28.1. The van der Waals surface area contributed by atoms with Crippen molar-refractivity contribution in [1.82, 2.24) is 29.3 Å². The number of imidazole rings is 1. The highest BCUT2D eigenvalue weighted by atomic mass is 16.2. The van der Waals surface area contributed by atoms with Gasteiger partial charge in [-0.05, 0) is 56.9 Å². The smallest absolute Gasteiger partial charge is 0.334 e. The normalized spacial score (nSPS) is 11.3. The van der Waals surface area contributed by atoms with E-state index in [0.717, 1.165) is 46.6 Å². The van der Waals surface area contributed by atoms with Gasteiger partial charge in [0.05, 0.1) is 11.0 Å². The number of nitrogens with one attached hydrogen (secondary N) is 2. The molecule has 0 aliphatic rings. The molecule has 2 N–H and O–H groups in total. The Morgan fingerprint density at radius 2 is 1.82 bits per heavy atom. The molecule has 4 rings (SSSR count). The Morgan fingerprint density at radius 3 is 2.54 bits per heavy atom. The maximum atomic E-state index is 13.0. The molecule has 0 saturated heterocycles. The summed E-state index contributed by atoms with van der Waals surface area (Å²) in [5, 5.41) is 5.38. The Hall–Kier alpha value is -4.77. The highest BCUT2D eigenvalue weighted by Gasteiger charge is 2.15. The molecule has 0 aliphatic carbocycles. The standard InChI is InChI=1S/C28H32N8O3/c1-19-16-24(34(4)15-14-33(2)3)20(10-11-26(38)30-18-37)17-21(19)31-27-29-13-12-25(32-27)36-23-9-7-6-8-22(23)35(5)28(36)39/h6-13,16-18H,14-15H2,1-5H3,(H,29,31,32)(H,30,37,38). The fourth-order valence-corrected chi connectivity index (χ4v) is 4.22. The first-order valence-electron chi connectivity index (χ1n) is 12.4. The van der Waals surface area contributed by atoms with Gasteiger partial charge in [0.25, 0.3) is 0 Å². The minimum absolute atomic E-state index is 0.205.